The van der Waals surface area contributed by atoms with Gasteiger partial charge < -0.3 is 9.64 Å². The lowest BCUT2D eigenvalue weighted by Crippen LogP contribution is -2.19. The maximum atomic E-state index is 13.2. The molecule has 0 aliphatic carbocycles. The second-order valence-corrected chi connectivity index (χ2v) is 9.76. The van der Waals surface area contributed by atoms with E-state index >= 15 is 0 Å². The van der Waals surface area contributed by atoms with Crippen molar-refractivity contribution in [3.63, 3.8) is 0 Å². The molecule has 0 saturated heterocycles. The number of fused-ring (bicyclic) bond motifs is 1. The van der Waals surface area contributed by atoms with Crippen LogP contribution in [0.15, 0.2) is 52.0 Å². The highest BCUT2D eigenvalue weighted by atomic mass is 79.9. The van der Waals surface area contributed by atoms with Crippen molar-refractivity contribution in [2.45, 2.75) is 4.90 Å². The van der Waals surface area contributed by atoms with Gasteiger partial charge in [-0.3, -0.25) is 0 Å². The van der Waals surface area contributed by atoms with Gasteiger partial charge in [-0.25, -0.2) is 12.4 Å². The van der Waals surface area contributed by atoms with Crippen molar-refractivity contribution in [2.24, 2.45) is 0 Å². The fraction of sp³-hybridized carbons (Fsp3) is 0.222. The topological polar surface area (TPSA) is 51.5 Å². The molecule has 5 nitrogen and oxygen atoms in total. The normalized spacial score (nSPS) is 12.1. The van der Waals surface area contributed by atoms with Gasteiger partial charge in [-0.15, -0.1) is 0 Å². The van der Waals surface area contributed by atoms with Crippen LogP contribution in [0.2, 0.25) is 10.0 Å². The molecule has 1 aromatic heterocycles. The number of nitrogens with zero attached hydrogens (tertiary/aromatic N) is 2. The van der Waals surface area contributed by atoms with Gasteiger partial charge in [0.25, 0.3) is 10.0 Å². The Hall–Kier alpha value is -1.25. The van der Waals surface area contributed by atoms with E-state index in [0.29, 0.717) is 34.8 Å². The van der Waals surface area contributed by atoms with Gasteiger partial charge in [-0.2, -0.15) is 0 Å². The van der Waals surface area contributed by atoms with E-state index in [2.05, 4.69) is 15.9 Å². The summed E-state index contributed by atoms with van der Waals surface area (Å²) < 4.78 is 34.1. The van der Waals surface area contributed by atoms with Crippen LogP contribution in [0.3, 0.4) is 0 Å². The van der Waals surface area contributed by atoms with Crippen molar-refractivity contribution in [2.75, 3.05) is 27.2 Å². The van der Waals surface area contributed by atoms with Gasteiger partial charge in [0.15, 0.2) is 0 Å². The summed E-state index contributed by atoms with van der Waals surface area (Å²) in [6.07, 6.45) is 1.44. The Morgan fingerprint density at radius 3 is 2.44 bits per heavy atom. The first-order valence-corrected chi connectivity index (χ1v) is 11.0. The largest absolute Gasteiger partial charge is 0.490 e. The number of hydrogen-bond acceptors (Lipinski definition) is 4. The average molecular weight is 492 g/mol. The van der Waals surface area contributed by atoms with Crippen LogP contribution in [0, 0.1) is 0 Å². The summed E-state index contributed by atoms with van der Waals surface area (Å²) in [5.74, 6) is 0.414. The Kier molecular flexibility index (Phi) is 6.08. The first kappa shape index (κ1) is 20.5. The Balaban J connectivity index is 2.16. The molecule has 1 heterocycles. The lowest BCUT2D eigenvalue weighted by molar-refractivity contribution is 0.263. The summed E-state index contributed by atoms with van der Waals surface area (Å²) in [4.78, 5) is 2.12. The molecule has 0 bridgehead atoms. The molecule has 0 N–H and O–H groups in total. The second-order valence-electron chi connectivity index (χ2n) is 6.18. The monoisotopic (exact) mass is 490 g/mol. The van der Waals surface area contributed by atoms with E-state index in [4.69, 9.17) is 27.9 Å². The molecule has 0 radical (unpaired) electrons. The van der Waals surface area contributed by atoms with Crippen molar-refractivity contribution < 1.29 is 13.2 Å². The SMILES string of the molecule is CN(C)CCOc1cn(S(=O)(=O)c2ccc(Br)cc2)c2c(Cl)cc(Cl)cc12. The highest BCUT2D eigenvalue weighted by molar-refractivity contribution is 9.10. The number of hydrogen-bond donors (Lipinski definition) is 0. The van der Waals surface area contributed by atoms with Gasteiger partial charge in [-0.1, -0.05) is 39.1 Å². The van der Waals surface area contributed by atoms with E-state index in [1.807, 2.05) is 19.0 Å². The van der Waals surface area contributed by atoms with Gasteiger partial charge in [-0.05, 0) is 50.5 Å². The van der Waals surface area contributed by atoms with Crippen molar-refractivity contribution in [3.8, 4) is 5.75 Å². The van der Waals surface area contributed by atoms with Gasteiger partial charge in [0.05, 0.1) is 21.6 Å². The quantitative estimate of drug-likeness (QED) is 0.492. The minimum Gasteiger partial charge on any atom is -0.490 e. The molecule has 3 rings (SSSR count). The second kappa shape index (κ2) is 8.01. The molecular formula is C18H17BrCl2N2O3S. The van der Waals surface area contributed by atoms with Crippen LogP contribution in [0.4, 0.5) is 0 Å². The van der Waals surface area contributed by atoms with E-state index in [1.165, 1.54) is 24.4 Å². The molecule has 3 aromatic rings. The minimum absolute atomic E-state index is 0.147. The van der Waals surface area contributed by atoms with Crippen molar-refractivity contribution >= 4 is 60.1 Å². The van der Waals surface area contributed by atoms with E-state index in [1.54, 1.807) is 18.2 Å². The number of likely N-dealkylation sites (N-methyl/N-ethyl adjacent to an activating group) is 1. The maximum absolute atomic E-state index is 13.2. The molecule has 9 heteroatoms. The van der Waals surface area contributed by atoms with Crippen molar-refractivity contribution in [1.82, 2.24) is 8.87 Å². The summed E-state index contributed by atoms with van der Waals surface area (Å²) in [5, 5.41) is 1.19. The molecule has 0 unspecified atom stereocenters. The summed E-state index contributed by atoms with van der Waals surface area (Å²) in [5.41, 5.74) is 0.337. The summed E-state index contributed by atoms with van der Waals surface area (Å²) in [7, 11) is -0.00246. The Morgan fingerprint density at radius 1 is 1.15 bits per heavy atom. The van der Waals surface area contributed by atoms with Gasteiger partial charge in [0, 0.05) is 21.4 Å². The lowest BCUT2D eigenvalue weighted by atomic mass is 10.2. The minimum atomic E-state index is -3.86. The molecular weight excluding hydrogens is 475 g/mol. The summed E-state index contributed by atoms with van der Waals surface area (Å²) >= 11 is 15.8. The fourth-order valence-electron chi connectivity index (χ4n) is 2.58. The number of halogens is 3. The third-order valence-corrected chi connectivity index (χ3v) is 6.62. The number of rotatable bonds is 6. The van der Waals surface area contributed by atoms with Crippen LogP contribution in [0.25, 0.3) is 10.9 Å². The average Bonchev–Trinajstić information content (AvgIpc) is 2.94. The molecule has 0 atom stereocenters. The fourth-order valence-corrected chi connectivity index (χ4v) is 4.86. The molecule has 2 aromatic carbocycles. The maximum Gasteiger partial charge on any atom is 0.268 e. The smallest absolute Gasteiger partial charge is 0.268 e. The Morgan fingerprint density at radius 2 is 1.81 bits per heavy atom. The van der Waals surface area contributed by atoms with E-state index < -0.39 is 10.0 Å². The third-order valence-electron chi connectivity index (χ3n) is 3.92. The van der Waals surface area contributed by atoms with E-state index in [0.717, 1.165) is 8.45 Å². The highest BCUT2D eigenvalue weighted by Gasteiger charge is 2.24. The van der Waals surface area contributed by atoms with Crippen LogP contribution in [-0.4, -0.2) is 44.5 Å². The van der Waals surface area contributed by atoms with E-state index in [9.17, 15) is 8.42 Å². The predicted octanol–water partition coefficient (Wildman–Crippen LogP) is 4.89. The van der Waals surface area contributed by atoms with Crippen LogP contribution in [0.1, 0.15) is 0 Å². The molecule has 0 fully saturated rings. The highest BCUT2D eigenvalue weighted by Crippen LogP contribution is 2.37. The summed E-state index contributed by atoms with van der Waals surface area (Å²) in [6, 6.07) is 9.57. The van der Waals surface area contributed by atoms with Crippen LogP contribution < -0.4 is 4.74 Å². The molecule has 0 amide bonds. The van der Waals surface area contributed by atoms with Crippen molar-refractivity contribution in [1.29, 1.82) is 0 Å². The van der Waals surface area contributed by atoms with Crippen LogP contribution in [0.5, 0.6) is 5.75 Å². The lowest BCUT2D eigenvalue weighted by Gasteiger charge is -2.10. The zero-order valence-corrected chi connectivity index (χ0v) is 18.5. The third kappa shape index (κ3) is 4.27. The molecule has 0 spiro atoms. The molecule has 0 aliphatic heterocycles. The number of ether oxygens (including phenoxy) is 1. The summed E-state index contributed by atoms with van der Waals surface area (Å²) in [6.45, 7) is 1.08. The van der Waals surface area contributed by atoms with Crippen LogP contribution >= 0.6 is 39.1 Å². The first-order chi connectivity index (χ1) is 12.7. The standard InChI is InChI=1S/C18H17BrCl2N2O3S/c1-22(2)7-8-26-17-11-23(18-15(17)9-13(20)10-16(18)21)27(24,25)14-5-3-12(19)4-6-14/h3-6,9-11H,7-8H2,1-2H3. The molecule has 0 saturated carbocycles. The van der Waals surface area contributed by atoms with Crippen molar-refractivity contribution in [3.05, 3.63) is 57.1 Å². The van der Waals surface area contributed by atoms with Crippen LogP contribution in [-0.2, 0) is 10.0 Å². The number of aromatic nitrogens is 1. The van der Waals surface area contributed by atoms with E-state index in [-0.39, 0.29) is 9.92 Å². The molecule has 27 heavy (non-hydrogen) atoms. The van der Waals surface area contributed by atoms with Gasteiger partial charge >= 0.3 is 0 Å². The predicted molar refractivity (Wildman–Crippen MR) is 113 cm³/mol. The Bertz CT molecular complexity index is 1080. The number of benzene rings is 2. The van der Waals surface area contributed by atoms with Gasteiger partial charge in [0.2, 0.25) is 0 Å². The van der Waals surface area contributed by atoms with Gasteiger partial charge in [0.1, 0.15) is 12.4 Å². The first-order valence-electron chi connectivity index (χ1n) is 7.99. The zero-order valence-electron chi connectivity index (χ0n) is 14.6. The molecule has 144 valence electrons. The Labute approximate surface area is 176 Å². The molecule has 0 aliphatic rings. The zero-order chi connectivity index (χ0) is 19.8.